The van der Waals surface area contributed by atoms with Crippen molar-refractivity contribution in [2.45, 2.75) is 0 Å². The molecule has 2 unspecified atom stereocenters. The number of rotatable bonds is 7. The Hall–Kier alpha value is -1.69. The summed E-state index contributed by atoms with van der Waals surface area (Å²) in [6, 6.07) is 15.4. The lowest BCUT2D eigenvalue weighted by molar-refractivity contribution is 0.0969. The summed E-state index contributed by atoms with van der Waals surface area (Å²) in [6.07, 6.45) is 1.23. The summed E-state index contributed by atoms with van der Waals surface area (Å²) >= 11 is 3.35. The summed E-state index contributed by atoms with van der Waals surface area (Å²) in [5.41, 5.74) is 0.894. The standard InChI is InChI=1S/C17H18BrNO6P2/c1-26(21,22)25-27(2,23)24-16(14-10-6-7-11-15(14)18)12-19-17(20)13-8-4-3-5-9-13/h3-12H,1-2H3,(H,19,20)(H,21,22). The van der Waals surface area contributed by atoms with Crippen molar-refractivity contribution in [3.63, 3.8) is 0 Å². The average Bonchev–Trinajstić information content (AvgIpc) is 2.57. The quantitative estimate of drug-likeness (QED) is 0.440. The lowest BCUT2D eigenvalue weighted by Gasteiger charge is -2.19. The topological polar surface area (TPSA) is 102 Å². The molecule has 144 valence electrons. The van der Waals surface area contributed by atoms with E-state index >= 15 is 0 Å². The highest BCUT2D eigenvalue weighted by Crippen LogP contribution is 2.60. The number of hydrogen-bond acceptors (Lipinski definition) is 5. The first-order valence-electron chi connectivity index (χ1n) is 7.67. The molecule has 0 aliphatic rings. The van der Waals surface area contributed by atoms with Crippen molar-refractivity contribution < 1.29 is 27.7 Å². The molecule has 0 aromatic heterocycles. The van der Waals surface area contributed by atoms with Crippen LogP contribution in [0.5, 0.6) is 0 Å². The highest BCUT2D eigenvalue weighted by atomic mass is 79.9. The number of amides is 1. The molecule has 2 rings (SSSR count). The van der Waals surface area contributed by atoms with E-state index < -0.39 is 21.1 Å². The Morgan fingerprint density at radius 2 is 1.67 bits per heavy atom. The van der Waals surface area contributed by atoms with Gasteiger partial charge in [-0.3, -0.25) is 9.36 Å². The van der Waals surface area contributed by atoms with E-state index in [1.165, 1.54) is 6.20 Å². The third-order valence-electron chi connectivity index (χ3n) is 3.07. The van der Waals surface area contributed by atoms with Crippen LogP contribution in [0.2, 0.25) is 0 Å². The molecule has 7 nitrogen and oxygen atoms in total. The van der Waals surface area contributed by atoms with Gasteiger partial charge in [0.05, 0.1) is 6.66 Å². The van der Waals surface area contributed by atoms with Gasteiger partial charge in [0.1, 0.15) is 0 Å². The highest BCUT2D eigenvalue weighted by molar-refractivity contribution is 9.10. The zero-order valence-corrected chi connectivity index (χ0v) is 17.9. The largest absolute Gasteiger partial charge is 0.422 e. The van der Waals surface area contributed by atoms with Gasteiger partial charge in [-0.15, -0.1) is 0 Å². The third-order valence-corrected chi connectivity index (χ3v) is 6.69. The van der Waals surface area contributed by atoms with Crippen LogP contribution in [0.3, 0.4) is 0 Å². The molecule has 0 fully saturated rings. The number of carbonyl (C=O) groups is 1. The normalized spacial score (nSPS) is 16.1. The van der Waals surface area contributed by atoms with Crippen molar-refractivity contribution in [1.82, 2.24) is 5.32 Å². The van der Waals surface area contributed by atoms with Crippen LogP contribution in [-0.2, 0) is 18.0 Å². The van der Waals surface area contributed by atoms with Crippen LogP contribution in [0.4, 0.5) is 0 Å². The smallest absolute Gasteiger partial charge is 0.383 e. The summed E-state index contributed by atoms with van der Waals surface area (Å²) in [7, 11) is -7.99. The first-order chi connectivity index (χ1) is 12.6. The molecular weight excluding hydrogens is 456 g/mol. The number of halogens is 1. The second-order valence-corrected chi connectivity index (χ2v) is 10.4. The fraction of sp³-hybridized carbons (Fsp3) is 0.118. The molecule has 0 aliphatic carbocycles. The van der Waals surface area contributed by atoms with Crippen LogP contribution in [0, 0.1) is 0 Å². The summed E-state index contributed by atoms with van der Waals surface area (Å²) in [5.74, 6) is -0.398. The molecule has 2 aromatic rings. The molecule has 2 N–H and O–H groups in total. The molecule has 0 saturated carbocycles. The fourth-order valence-corrected chi connectivity index (χ4v) is 5.41. The Labute approximate surface area is 165 Å². The van der Waals surface area contributed by atoms with E-state index in [1.807, 2.05) is 0 Å². The molecular formula is C17H18BrNO6P2. The Balaban J connectivity index is 2.33. The van der Waals surface area contributed by atoms with Gasteiger partial charge in [-0.25, -0.2) is 8.88 Å². The van der Waals surface area contributed by atoms with E-state index in [0.29, 0.717) is 15.6 Å². The number of hydrogen-bond donors (Lipinski definition) is 2. The van der Waals surface area contributed by atoms with Gasteiger partial charge in [-0.2, -0.15) is 0 Å². The average molecular weight is 474 g/mol. The second-order valence-electron chi connectivity index (χ2n) is 5.58. The van der Waals surface area contributed by atoms with Gasteiger partial charge >= 0.3 is 15.2 Å². The molecule has 0 bridgehead atoms. The Bertz CT molecular complexity index is 941. The van der Waals surface area contributed by atoms with E-state index in [9.17, 15) is 18.8 Å². The lowest BCUT2D eigenvalue weighted by Crippen LogP contribution is -2.18. The number of benzene rings is 2. The maximum Gasteiger partial charge on any atom is 0.383 e. The van der Waals surface area contributed by atoms with Crippen LogP contribution in [-0.4, -0.2) is 24.1 Å². The van der Waals surface area contributed by atoms with Crippen LogP contribution < -0.4 is 5.32 Å². The summed E-state index contributed by atoms with van der Waals surface area (Å²) in [4.78, 5) is 21.6. The van der Waals surface area contributed by atoms with Crippen molar-refractivity contribution in [2.75, 3.05) is 13.3 Å². The maximum atomic E-state index is 12.5. The molecule has 2 aromatic carbocycles. The Morgan fingerprint density at radius 1 is 1.07 bits per heavy atom. The molecule has 0 radical (unpaired) electrons. The van der Waals surface area contributed by atoms with Gasteiger partial charge < -0.3 is 14.7 Å². The predicted molar refractivity (Wildman–Crippen MR) is 107 cm³/mol. The minimum Gasteiger partial charge on any atom is -0.422 e. The minimum atomic E-state index is -4.05. The fourth-order valence-electron chi connectivity index (χ4n) is 2.09. The highest BCUT2D eigenvalue weighted by Gasteiger charge is 2.29. The zero-order valence-electron chi connectivity index (χ0n) is 14.5. The van der Waals surface area contributed by atoms with Crippen molar-refractivity contribution in [3.8, 4) is 0 Å². The van der Waals surface area contributed by atoms with Gasteiger partial charge in [-0.1, -0.05) is 52.3 Å². The predicted octanol–water partition coefficient (Wildman–Crippen LogP) is 4.85. The molecule has 2 atom stereocenters. The number of nitrogens with one attached hydrogen (secondary N) is 1. The van der Waals surface area contributed by atoms with E-state index in [0.717, 1.165) is 13.3 Å². The second kappa shape index (κ2) is 9.00. The van der Waals surface area contributed by atoms with Gasteiger partial charge in [0, 0.05) is 28.5 Å². The monoisotopic (exact) mass is 473 g/mol. The minimum absolute atomic E-state index is 0.00559. The first kappa shape index (κ1) is 21.6. The van der Waals surface area contributed by atoms with Crippen molar-refractivity contribution in [1.29, 1.82) is 0 Å². The van der Waals surface area contributed by atoms with Gasteiger partial charge in [-0.05, 0) is 18.2 Å². The van der Waals surface area contributed by atoms with Gasteiger partial charge in [0.15, 0.2) is 5.76 Å². The molecule has 27 heavy (non-hydrogen) atoms. The van der Waals surface area contributed by atoms with E-state index in [2.05, 4.69) is 25.6 Å². The van der Waals surface area contributed by atoms with Gasteiger partial charge in [0.25, 0.3) is 5.91 Å². The molecule has 0 aliphatic heterocycles. The van der Waals surface area contributed by atoms with Crippen molar-refractivity contribution in [2.24, 2.45) is 0 Å². The maximum absolute atomic E-state index is 12.5. The molecule has 1 amide bonds. The number of carbonyl (C=O) groups excluding carboxylic acids is 1. The Morgan fingerprint density at radius 3 is 2.26 bits per heavy atom. The third kappa shape index (κ3) is 7.09. The summed E-state index contributed by atoms with van der Waals surface area (Å²) in [5, 5.41) is 2.56. The van der Waals surface area contributed by atoms with Crippen LogP contribution in [0.15, 0.2) is 65.3 Å². The molecule has 0 saturated heterocycles. The zero-order chi connectivity index (χ0) is 20.1. The first-order valence-corrected chi connectivity index (χ1v) is 12.5. The Kier molecular flexibility index (Phi) is 7.20. The molecule has 0 spiro atoms. The molecule has 0 heterocycles. The summed E-state index contributed by atoms with van der Waals surface area (Å²) in [6.45, 7) is 1.98. The van der Waals surface area contributed by atoms with Crippen LogP contribution in [0.25, 0.3) is 5.76 Å². The lowest BCUT2D eigenvalue weighted by atomic mass is 10.2. The van der Waals surface area contributed by atoms with E-state index in [-0.39, 0.29) is 5.76 Å². The SMILES string of the molecule is CP(=O)(O)OP(C)(=O)OC(=CNC(=O)c1ccccc1)c1ccccc1Br. The van der Waals surface area contributed by atoms with E-state index in [4.69, 9.17) is 4.52 Å². The van der Waals surface area contributed by atoms with Gasteiger partial charge in [0.2, 0.25) is 0 Å². The summed E-state index contributed by atoms with van der Waals surface area (Å²) < 4.78 is 34.6. The van der Waals surface area contributed by atoms with Crippen molar-refractivity contribution in [3.05, 3.63) is 76.4 Å². The van der Waals surface area contributed by atoms with Crippen LogP contribution in [0.1, 0.15) is 15.9 Å². The van der Waals surface area contributed by atoms with E-state index in [1.54, 1.807) is 54.6 Å². The molecule has 10 heteroatoms. The van der Waals surface area contributed by atoms with Crippen LogP contribution >= 0.6 is 31.1 Å². The van der Waals surface area contributed by atoms with Crippen molar-refractivity contribution >= 4 is 42.8 Å².